The number of carbonyl (C=O) groups excluding carboxylic acids is 1. The van der Waals surface area contributed by atoms with Gasteiger partial charge in [-0.2, -0.15) is 13.2 Å². The van der Waals surface area contributed by atoms with E-state index in [2.05, 4.69) is 20.3 Å². The fourth-order valence-corrected chi connectivity index (χ4v) is 4.03. The van der Waals surface area contributed by atoms with Gasteiger partial charge in [0.25, 0.3) is 0 Å². The van der Waals surface area contributed by atoms with Crippen LogP contribution in [0.3, 0.4) is 0 Å². The van der Waals surface area contributed by atoms with Crippen molar-refractivity contribution >= 4 is 23.1 Å². The minimum absolute atomic E-state index is 0.271. The lowest BCUT2D eigenvalue weighted by atomic mass is 9.95. The number of nitrogens with zero attached hydrogens (tertiary/aromatic N) is 4. The average molecular weight is 490 g/mol. The van der Waals surface area contributed by atoms with E-state index in [4.69, 9.17) is 4.74 Å². The highest BCUT2D eigenvalue weighted by Crippen LogP contribution is 2.38. The molecule has 2 aromatic heterocycles. The minimum Gasteiger partial charge on any atom is -0.378 e. The Morgan fingerprint density at radius 3 is 2.49 bits per heavy atom. The van der Waals surface area contributed by atoms with E-state index in [0.29, 0.717) is 23.5 Å². The first-order chi connectivity index (χ1) is 16.5. The highest BCUT2D eigenvalue weighted by molar-refractivity contribution is 5.96. The number of anilines is 2. The monoisotopic (exact) mass is 489 g/mol. The van der Waals surface area contributed by atoms with Crippen molar-refractivity contribution in [3.63, 3.8) is 0 Å². The molecule has 0 unspecified atom stereocenters. The molecule has 3 aromatic rings. The number of fused-ring (bicyclic) bond motifs is 1. The first kappa shape index (κ1) is 25.0. The third kappa shape index (κ3) is 5.58. The Morgan fingerprint density at radius 1 is 1.14 bits per heavy atom. The maximum atomic E-state index is 13.6. The van der Waals surface area contributed by atoms with Crippen molar-refractivity contribution < 1.29 is 22.7 Å². The number of benzene rings is 1. The Morgan fingerprint density at radius 2 is 1.86 bits per heavy atom. The zero-order valence-electron chi connectivity index (χ0n) is 20.3. The summed E-state index contributed by atoms with van der Waals surface area (Å²) < 4.78 is 48.1. The zero-order valence-corrected chi connectivity index (χ0v) is 20.3. The normalized spacial score (nSPS) is 15.6. The van der Waals surface area contributed by atoms with Crippen molar-refractivity contribution in [3.8, 4) is 11.3 Å². The van der Waals surface area contributed by atoms with Gasteiger partial charge in [-0.15, -0.1) is 5.10 Å². The van der Waals surface area contributed by atoms with Crippen LogP contribution >= 0.6 is 0 Å². The third-order valence-corrected chi connectivity index (χ3v) is 6.02. The predicted octanol–water partition coefficient (Wildman–Crippen LogP) is 5.41. The van der Waals surface area contributed by atoms with Crippen LogP contribution in [0, 0.1) is 5.41 Å². The van der Waals surface area contributed by atoms with E-state index >= 15 is 0 Å². The number of piperidine rings is 1. The van der Waals surface area contributed by atoms with Crippen molar-refractivity contribution in [2.45, 2.75) is 52.8 Å². The van der Waals surface area contributed by atoms with Gasteiger partial charge in [0.2, 0.25) is 5.91 Å². The van der Waals surface area contributed by atoms with E-state index < -0.39 is 23.1 Å². The molecule has 1 saturated heterocycles. The third-order valence-electron chi connectivity index (χ3n) is 6.02. The first-order valence-electron chi connectivity index (χ1n) is 11.7. The molecule has 3 heterocycles. The molecule has 1 aliphatic rings. The largest absolute Gasteiger partial charge is 0.418 e. The molecule has 1 N–H and O–H groups in total. The number of nitrogens with one attached hydrogen (secondary N) is 1. The van der Waals surface area contributed by atoms with Crippen molar-refractivity contribution in [1.29, 1.82) is 0 Å². The Hall–Kier alpha value is -3.14. The summed E-state index contributed by atoms with van der Waals surface area (Å²) in [6, 6.07) is 7.38. The number of aromatic nitrogens is 3. The van der Waals surface area contributed by atoms with Gasteiger partial charge in [0, 0.05) is 30.7 Å². The lowest BCUT2D eigenvalue weighted by molar-refractivity contribution is -0.137. The van der Waals surface area contributed by atoms with Crippen molar-refractivity contribution in [2.24, 2.45) is 5.41 Å². The predicted molar refractivity (Wildman–Crippen MR) is 128 cm³/mol. The summed E-state index contributed by atoms with van der Waals surface area (Å²) >= 11 is 0. The molecule has 0 aliphatic carbocycles. The Bertz CT molecular complexity index is 1210. The second-order valence-corrected chi connectivity index (χ2v) is 9.72. The molecule has 1 aliphatic heterocycles. The van der Waals surface area contributed by atoms with Gasteiger partial charge in [0.15, 0.2) is 5.65 Å². The topological polar surface area (TPSA) is 71.8 Å². The summed E-state index contributed by atoms with van der Waals surface area (Å²) in [4.78, 5) is 19.1. The summed E-state index contributed by atoms with van der Waals surface area (Å²) in [6.07, 6.45) is -0.796. The maximum absolute atomic E-state index is 13.6. The molecular weight excluding hydrogens is 459 g/mol. The van der Waals surface area contributed by atoms with Crippen LogP contribution in [0.2, 0.25) is 0 Å². The second-order valence-electron chi connectivity index (χ2n) is 9.72. The summed E-state index contributed by atoms with van der Waals surface area (Å²) in [5.74, 6) is 0.302. The number of imidazole rings is 1. The molecule has 35 heavy (non-hydrogen) atoms. The molecule has 0 spiro atoms. The van der Waals surface area contributed by atoms with E-state index in [9.17, 15) is 18.0 Å². The molecule has 0 saturated carbocycles. The molecule has 7 nitrogen and oxygen atoms in total. The van der Waals surface area contributed by atoms with E-state index in [0.717, 1.165) is 37.8 Å². The summed E-state index contributed by atoms with van der Waals surface area (Å²) in [5, 5.41) is 7.11. The van der Waals surface area contributed by atoms with Gasteiger partial charge in [-0.25, -0.2) is 9.50 Å². The fourth-order valence-electron chi connectivity index (χ4n) is 4.03. The lowest BCUT2D eigenvalue weighted by Crippen LogP contribution is -2.37. The number of rotatable bonds is 5. The SMILES string of the molecule is CCOC1CCN(c2ccc3nc(-c4ccc(C(F)(F)F)c(NC(=O)C(C)(C)C)c4)cn3n2)CC1. The van der Waals surface area contributed by atoms with Crippen LogP contribution in [0.1, 0.15) is 46.1 Å². The summed E-state index contributed by atoms with van der Waals surface area (Å²) in [6.45, 7) is 9.30. The number of carbonyl (C=O) groups is 1. The lowest BCUT2D eigenvalue weighted by Gasteiger charge is -2.32. The Labute approximate surface area is 202 Å². The molecule has 0 radical (unpaired) electrons. The van der Waals surface area contributed by atoms with Gasteiger partial charge in [0.05, 0.1) is 29.2 Å². The van der Waals surface area contributed by atoms with Gasteiger partial charge in [0.1, 0.15) is 5.82 Å². The summed E-state index contributed by atoms with van der Waals surface area (Å²) in [5.41, 5.74) is -0.555. The van der Waals surface area contributed by atoms with Gasteiger partial charge < -0.3 is 15.0 Å². The molecule has 1 aromatic carbocycles. The van der Waals surface area contributed by atoms with Crippen molar-refractivity contribution in [3.05, 3.63) is 42.1 Å². The maximum Gasteiger partial charge on any atom is 0.418 e. The number of hydrogen-bond acceptors (Lipinski definition) is 5. The van der Waals surface area contributed by atoms with Gasteiger partial charge in [-0.1, -0.05) is 26.8 Å². The molecule has 1 fully saturated rings. The first-order valence-corrected chi connectivity index (χ1v) is 11.7. The van der Waals surface area contributed by atoms with Crippen LogP contribution in [0.5, 0.6) is 0 Å². The highest BCUT2D eigenvalue weighted by Gasteiger charge is 2.35. The number of hydrogen-bond donors (Lipinski definition) is 1. The van der Waals surface area contributed by atoms with Crippen LogP contribution in [0.15, 0.2) is 36.5 Å². The second kappa shape index (κ2) is 9.49. The zero-order chi connectivity index (χ0) is 25.4. The quantitative estimate of drug-likeness (QED) is 0.519. The Kier molecular flexibility index (Phi) is 6.77. The van der Waals surface area contributed by atoms with Gasteiger partial charge in [-0.05, 0) is 44.0 Å². The van der Waals surface area contributed by atoms with Gasteiger partial charge >= 0.3 is 6.18 Å². The standard InChI is InChI=1S/C25H30F3N5O2/c1-5-35-17-10-12-32(13-11-17)22-9-8-21-29-20(15-33(21)31-22)16-6-7-18(25(26,27)28)19(14-16)30-23(34)24(2,3)4/h6-9,14-15,17H,5,10-13H2,1-4H3,(H,30,34). The van der Waals surface area contributed by atoms with Crippen LogP contribution in [-0.2, 0) is 15.7 Å². The van der Waals surface area contributed by atoms with Crippen molar-refractivity contribution in [1.82, 2.24) is 14.6 Å². The molecular formula is C25H30F3N5O2. The molecule has 188 valence electrons. The van der Waals surface area contributed by atoms with Crippen LogP contribution < -0.4 is 10.2 Å². The number of halogens is 3. The fraction of sp³-hybridized carbons (Fsp3) is 0.480. The van der Waals surface area contributed by atoms with Crippen LogP contribution in [0.25, 0.3) is 16.9 Å². The van der Waals surface area contributed by atoms with E-state index in [1.807, 2.05) is 19.1 Å². The number of alkyl halides is 3. The summed E-state index contributed by atoms with van der Waals surface area (Å²) in [7, 11) is 0. The van der Waals surface area contributed by atoms with E-state index in [-0.39, 0.29) is 11.8 Å². The van der Waals surface area contributed by atoms with Gasteiger partial charge in [-0.3, -0.25) is 4.79 Å². The number of amides is 1. The molecule has 4 rings (SSSR count). The molecule has 0 atom stereocenters. The van der Waals surface area contributed by atoms with E-state index in [1.54, 1.807) is 31.5 Å². The Balaban J connectivity index is 1.62. The van der Waals surface area contributed by atoms with Crippen LogP contribution in [-0.4, -0.2) is 46.3 Å². The molecule has 0 bridgehead atoms. The highest BCUT2D eigenvalue weighted by atomic mass is 19.4. The molecule has 1 amide bonds. The number of ether oxygens (including phenoxy) is 1. The van der Waals surface area contributed by atoms with E-state index in [1.165, 1.54) is 12.1 Å². The van der Waals surface area contributed by atoms with Crippen molar-refractivity contribution in [2.75, 3.05) is 29.9 Å². The minimum atomic E-state index is -4.61. The smallest absolute Gasteiger partial charge is 0.378 e. The average Bonchev–Trinajstić information content (AvgIpc) is 3.22. The van der Waals surface area contributed by atoms with Crippen LogP contribution in [0.4, 0.5) is 24.7 Å². The molecule has 10 heteroatoms.